The molecule has 3 aromatic heterocycles. The van der Waals surface area contributed by atoms with Crippen molar-refractivity contribution < 1.29 is 18.7 Å². The van der Waals surface area contributed by atoms with Gasteiger partial charge in [-0.2, -0.15) is 0 Å². The molecule has 0 radical (unpaired) electrons. The van der Waals surface area contributed by atoms with Crippen molar-refractivity contribution in [3.05, 3.63) is 74.1 Å². The number of anilines is 2. The van der Waals surface area contributed by atoms with E-state index in [4.69, 9.17) is 14.9 Å². The highest BCUT2D eigenvalue weighted by molar-refractivity contribution is 6.06. The number of H-pyrrole nitrogens is 1. The topological polar surface area (TPSA) is 154 Å². The molecule has 0 bridgehead atoms. The molecular formula is C23H27N5O6. The van der Waals surface area contributed by atoms with E-state index in [0.29, 0.717) is 12.2 Å². The van der Waals surface area contributed by atoms with Crippen LogP contribution in [0.5, 0.6) is 0 Å². The summed E-state index contributed by atoms with van der Waals surface area (Å²) in [5.41, 5.74) is 5.07. The van der Waals surface area contributed by atoms with Crippen molar-refractivity contribution in [3.8, 4) is 0 Å². The SMILES string of the molecule is CCCCn1c(N)c(N(Cc2ccco2)C(=O)c2ccc(C(=O)OCC)c(C)n2)c(=O)[nH]c1=O. The number of aromatic nitrogens is 3. The van der Waals surface area contributed by atoms with Gasteiger partial charge in [-0.25, -0.2) is 14.6 Å². The van der Waals surface area contributed by atoms with Crippen LogP contribution in [0.4, 0.5) is 11.5 Å². The zero-order valence-corrected chi connectivity index (χ0v) is 19.3. The molecule has 180 valence electrons. The minimum absolute atomic E-state index is 0.0257. The normalized spacial score (nSPS) is 10.8. The second-order valence-corrected chi connectivity index (χ2v) is 7.52. The summed E-state index contributed by atoms with van der Waals surface area (Å²) in [7, 11) is 0. The molecular weight excluding hydrogens is 442 g/mol. The molecule has 0 saturated heterocycles. The Balaban J connectivity index is 2.10. The summed E-state index contributed by atoms with van der Waals surface area (Å²) in [6.07, 6.45) is 2.88. The van der Waals surface area contributed by atoms with Gasteiger partial charge in [0, 0.05) is 6.54 Å². The number of rotatable bonds is 9. The summed E-state index contributed by atoms with van der Waals surface area (Å²) in [5, 5.41) is 0. The lowest BCUT2D eigenvalue weighted by Crippen LogP contribution is -2.41. The van der Waals surface area contributed by atoms with Crippen LogP contribution in [0.1, 0.15) is 59.0 Å². The fourth-order valence-electron chi connectivity index (χ4n) is 3.43. The van der Waals surface area contributed by atoms with Gasteiger partial charge in [-0.15, -0.1) is 0 Å². The lowest BCUT2D eigenvalue weighted by atomic mass is 10.1. The van der Waals surface area contributed by atoms with Crippen molar-refractivity contribution in [2.45, 2.75) is 46.7 Å². The van der Waals surface area contributed by atoms with Gasteiger partial charge in [0.2, 0.25) is 0 Å². The lowest BCUT2D eigenvalue weighted by Gasteiger charge is -2.23. The number of esters is 1. The fraction of sp³-hybridized carbons (Fsp3) is 0.348. The zero-order valence-electron chi connectivity index (χ0n) is 19.3. The first-order chi connectivity index (χ1) is 16.3. The Labute approximate surface area is 195 Å². The number of nitrogens with one attached hydrogen (secondary N) is 1. The molecule has 0 fully saturated rings. The Kier molecular flexibility index (Phi) is 7.67. The Morgan fingerprint density at radius 3 is 2.62 bits per heavy atom. The molecule has 0 unspecified atom stereocenters. The molecule has 34 heavy (non-hydrogen) atoms. The smallest absolute Gasteiger partial charge is 0.339 e. The predicted octanol–water partition coefficient (Wildman–Crippen LogP) is 2.24. The molecule has 3 N–H and O–H groups in total. The molecule has 3 heterocycles. The molecule has 0 aliphatic carbocycles. The standard InChI is InChI=1S/C23H27N5O6/c1-4-6-11-27-19(24)18(20(29)26-23(27)32)28(13-15-8-7-12-34-15)21(30)17-10-9-16(14(3)25-17)22(31)33-5-2/h7-10,12H,4-6,11,13,24H2,1-3H3,(H,26,29,32). The van der Waals surface area contributed by atoms with E-state index in [-0.39, 0.29) is 48.2 Å². The molecule has 3 aromatic rings. The maximum absolute atomic E-state index is 13.6. The number of unbranched alkanes of at least 4 members (excludes halogenated alkanes) is 1. The molecule has 11 heteroatoms. The minimum atomic E-state index is -0.810. The molecule has 0 aromatic carbocycles. The number of hydrogen-bond acceptors (Lipinski definition) is 8. The Morgan fingerprint density at radius 1 is 1.24 bits per heavy atom. The van der Waals surface area contributed by atoms with Gasteiger partial charge in [0.25, 0.3) is 11.5 Å². The predicted molar refractivity (Wildman–Crippen MR) is 125 cm³/mol. The Morgan fingerprint density at radius 2 is 2.00 bits per heavy atom. The van der Waals surface area contributed by atoms with Gasteiger partial charge in [0.05, 0.1) is 30.7 Å². The second kappa shape index (κ2) is 10.6. The first-order valence-electron chi connectivity index (χ1n) is 10.9. The van der Waals surface area contributed by atoms with Crippen LogP contribution in [0.3, 0.4) is 0 Å². The number of hydrogen-bond donors (Lipinski definition) is 2. The quantitative estimate of drug-likeness (QED) is 0.452. The number of ether oxygens (including phenoxy) is 1. The summed E-state index contributed by atoms with van der Waals surface area (Å²) >= 11 is 0. The first-order valence-corrected chi connectivity index (χ1v) is 10.9. The van der Waals surface area contributed by atoms with Gasteiger partial charge in [-0.1, -0.05) is 13.3 Å². The third-order valence-electron chi connectivity index (χ3n) is 5.16. The first kappa shape index (κ1) is 24.5. The second-order valence-electron chi connectivity index (χ2n) is 7.52. The molecule has 0 saturated carbocycles. The van der Waals surface area contributed by atoms with Gasteiger partial charge in [-0.05, 0) is 44.5 Å². The van der Waals surface area contributed by atoms with E-state index >= 15 is 0 Å². The minimum Gasteiger partial charge on any atom is -0.467 e. The molecule has 0 aliphatic heterocycles. The molecule has 11 nitrogen and oxygen atoms in total. The summed E-state index contributed by atoms with van der Waals surface area (Å²) in [4.78, 5) is 58.4. The van der Waals surface area contributed by atoms with Crippen LogP contribution in [0, 0.1) is 6.92 Å². The highest BCUT2D eigenvalue weighted by Gasteiger charge is 2.28. The van der Waals surface area contributed by atoms with E-state index in [2.05, 4.69) is 9.97 Å². The van der Waals surface area contributed by atoms with Crippen molar-refractivity contribution in [3.63, 3.8) is 0 Å². The van der Waals surface area contributed by atoms with Gasteiger partial charge < -0.3 is 14.9 Å². The third kappa shape index (κ3) is 5.08. The Hall–Kier alpha value is -4.15. The average molecular weight is 469 g/mol. The van der Waals surface area contributed by atoms with Gasteiger partial charge in [0.1, 0.15) is 17.3 Å². The molecule has 0 spiro atoms. The number of furan rings is 1. The molecule has 3 rings (SSSR count). The third-order valence-corrected chi connectivity index (χ3v) is 5.16. The van der Waals surface area contributed by atoms with Crippen molar-refractivity contribution >= 4 is 23.4 Å². The van der Waals surface area contributed by atoms with Crippen molar-refractivity contribution in [1.29, 1.82) is 0 Å². The number of nitrogens with two attached hydrogens (primary N) is 1. The molecule has 0 aliphatic rings. The van der Waals surface area contributed by atoms with E-state index in [0.717, 1.165) is 11.3 Å². The van der Waals surface area contributed by atoms with Crippen LogP contribution in [-0.4, -0.2) is 33.0 Å². The maximum atomic E-state index is 13.6. The van der Waals surface area contributed by atoms with E-state index in [1.807, 2.05) is 6.92 Å². The number of aromatic amines is 1. The monoisotopic (exact) mass is 469 g/mol. The zero-order chi connectivity index (χ0) is 24.8. The largest absolute Gasteiger partial charge is 0.467 e. The van der Waals surface area contributed by atoms with E-state index in [1.54, 1.807) is 26.0 Å². The summed E-state index contributed by atoms with van der Waals surface area (Å²) in [6, 6.07) is 6.09. The van der Waals surface area contributed by atoms with Crippen LogP contribution >= 0.6 is 0 Å². The summed E-state index contributed by atoms with van der Waals surface area (Å²) in [6.45, 7) is 5.56. The molecule has 0 atom stereocenters. The fourth-order valence-corrected chi connectivity index (χ4v) is 3.43. The maximum Gasteiger partial charge on any atom is 0.339 e. The number of carbonyl (C=O) groups excluding carboxylic acids is 2. The van der Waals surface area contributed by atoms with Gasteiger partial charge in [0.15, 0.2) is 5.69 Å². The average Bonchev–Trinajstić information content (AvgIpc) is 3.31. The van der Waals surface area contributed by atoms with Crippen LogP contribution in [-0.2, 0) is 17.8 Å². The summed E-state index contributed by atoms with van der Waals surface area (Å²) in [5.74, 6) is -0.962. The highest BCUT2D eigenvalue weighted by Crippen LogP contribution is 2.23. The van der Waals surface area contributed by atoms with E-state index < -0.39 is 23.1 Å². The van der Waals surface area contributed by atoms with Crippen molar-refractivity contribution in [2.75, 3.05) is 17.2 Å². The van der Waals surface area contributed by atoms with E-state index in [9.17, 15) is 19.2 Å². The van der Waals surface area contributed by atoms with Crippen LogP contribution < -0.4 is 21.9 Å². The number of nitrogens with zero attached hydrogens (tertiary/aromatic N) is 3. The Bertz CT molecular complexity index is 1290. The van der Waals surface area contributed by atoms with Gasteiger partial charge >= 0.3 is 11.7 Å². The lowest BCUT2D eigenvalue weighted by molar-refractivity contribution is 0.0524. The molecule has 1 amide bonds. The van der Waals surface area contributed by atoms with Crippen molar-refractivity contribution in [2.24, 2.45) is 0 Å². The highest BCUT2D eigenvalue weighted by atomic mass is 16.5. The van der Waals surface area contributed by atoms with Crippen LogP contribution in [0.25, 0.3) is 0 Å². The van der Waals surface area contributed by atoms with Crippen LogP contribution in [0.15, 0.2) is 44.5 Å². The van der Waals surface area contributed by atoms with E-state index in [1.165, 1.54) is 23.0 Å². The number of pyridine rings is 1. The summed E-state index contributed by atoms with van der Waals surface area (Å²) < 4.78 is 11.6. The van der Waals surface area contributed by atoms with Gasteiger partial charge in [-0.3, -0.25) is 24.0 Å². The number of nitrogen functional groups attached to an aromatic ring is 1. The number of amides is 1. The van der Waals surface area contributed by atoms with Crippen LogP contribution in [0.2, 0.25) is 0 Å². The van der Waals surface area contributed by atoms with Crippen molar-refractivity contribution in [1.82, 2.24) is 14.5 Å². The number of aryl methyl sites for hydroxylation is 1. The number of carbonyl (C=O) groups is 2.